The molecule has 2 aromatic heterocycles. The van der Waals surface area contributed by atoms with Crippen LogP contribution in [0.25, 0.3) is 44.3 Å². The van der Waals surface area contributed by atoms with Crippen LogP contribution in [0.5, 0.6) is 0 Å². The number of likely N-dealkylation sites (N-methyl/N-ethyl adjacent to an activating group) is 1. The number of nitrogens with zero attached hydrogens (tertiary/aromatic N) is 4. The summed E-state index contributed by atoms with van der Waals surface area (Å²) in [5, 5.41) is 5.39. The van der Waals surface area contributed by atoms with Gasteiger partial charge in [-0.25, -0.2) is 19.6 Å². The summed E-state index contributed by atoms with van der Waals surface area (Å²) in [7, 11) is 4.30. The van der Waals surface area contributed by atoms with Crippen molar-refractivity contribution in [3.05, 3.63) is 108 Å². The number of carbonyl (C=O) groups is 4. The number of aromatic nitrogens is 4. The molecule has 4 aromatic carbocycles. The van der Waals surface area contributed by atoms with Gasteiger partial charge in [0.1, 0.15) is 23.7 Å². The van der Waals surface area contributed by atoms with Gasteiger partial charge in [-0.05, 0) is 83.7 Å². The summed E-state index contributed by atoms with van der Waals surface area (Å²) in [6.07, 6.45) is 1.83. The first-order valence-corrected chi connectivity index (χ1v) is 20.0. The van der Waals surface area contributed by atoms with Gasteiger partial charge in [-0.15, -0.1) is 0 Å². The zero-order valence-corrected chi connectivity index (χ0v) is 33.7. The average Bonchev–Trinajstić information content (AvgIpc) is 4.00. The van der Waals surface area contributed by atoms with Crippen LogP contribution >= 0.6 is 0 Å². The van der Waals surface area contributed by atoms with Crippen LogP contribution in [0.15, 0.2) is 91.0 Å². The molecule has 0 radical (unpaired) electrons. The number of hydrogen-bond donors (Lipinski definition) is 4. The Hall–Kier alpha value is -6.70. The van der Waals surface area contributed by atoms with Crippen molar-refractivity contribution in [2.45, 2.75) is 69.7 Å². The monoisotopic (exact) mass is 796 g/mol. The first kappa shape index (κ1) is 39.1. The first-order chi connectivity index (χ1) is 28.5. The molecular formula is C45H48N8O6. The highest BCUT2D eigenvalue weighted by Crippen LogP contribution is 2.41. The molecule has 2 saturated heterocycles. The number of H-pyrrole nitrogens is 2. The van der Waals surface area contributed by atoms with Gasteiger partial charge in [-0.3, -0.25) is 9.59 Å². The van der Waals surface area contributed by atoms with Crippen molar-refractivity contribution in [3.63, 3.8) is 0 Å². The number of carbonyl (C=O) groups excluding carboxylic acids is 4. The Labute approximate surface area is 341 Å². The normalized spacial score (nSPS) is 18.7. The minimum Gasteiger partial charge on any atom is -0.453 e. The van der Waals surface area contributed by atoms with E-state index >= 15 is 0 Å². The van der Waals surface area contributed by atoms with Crippen molar-refractivity contribution >= 4 is 46.1 Å². The third-order valence-corrected chi connectivity index (χ3v) is 11.7. The lowest BCUT2D eigenvalue weighted by atomic mass is 9.98. The van der Waals surface area contributed by atoms with Crippen molar-refractivity contribution < 1.29 is 28.7 Å². The molecule has 59 heavy (non-hydrogen) atoms. The second-order valence-corrected chi connectivity index (χ2v) is 15.7. The molecule has 5 atom stereocenters. The largest absolute Gasteiger partial charge is 0.453 e. The zero-order chi connectivity index (χ0) is 41.4. The summed E-state index contributed by atoms with van der Waals surface area (Å²) in [4.78, 5) is 72.0. The lowest BCUT2D eigenvalue weighted by molar-refractivity contribution is -0.139. The van der Waals surface area contributed by atoms with Gasteiger partial charge in [0.2, 0.25) is 11.8 Å². The summed E-state index contributed by atoms with van der Waals surface area (Å²) in [6, 6.07) is 27.7. The predicted molar refractivity (Wildman–Crippen MR) is 223 cm³/mol. The first-order valence-electron chi connectivity index (χ1n) is 20.0. The smallest absolute Gasteiger partial charge is 0.407 e. The van der Waals surface area contributed by atoms with Crippen LogP contribution in [0.4, 0.5) is 9.59 Å². The van der Waals surface area contributed by atoms with Crippen molar-refractivity contribution in [1.82, 2.24) is 40.4 Å². The summed E-state index contributed by atoms with van der Waals surface area (Å²) < 4.78 is 9.58. The van der Waals surface area contributed by atoms with Gasteiger partial charge in [0, 0.05) is 13.1 Å². The SMILES string of the molecule is COC(=O)N[C@H]1CC[C@H]2CC[C@@H](c3nc4ccc(-c5ccc(-c6ccc7nc([C@H](C(C)C)N(C)C(=O)[C@H](NC(=O)OC)c8ccccc8)[nH]c7c6)cc5)cc4[nH]3)N2C1=O. The average molecular weight is 797 g/mol. The van der Waals surface area contributed by atoms with Crippen LogP contribution in [0.3, 0.4) is 0 Å². The Kier molecular flexibility index (Phi) is 10.8. The number of aromatic amines is 2. The van der Waals surface area contributed by atoms with E-state index < -0.39 is 30.3 Å². The van der Waals surface area contributed by atoms with Crippen molar-refractivity contribution in [2.24, 2.45) is 5.92 Å². The molecule has 2 fully saturated rings. The highest BCUT2D eigenvalue weighted by molar-refractivity contribution is 5.89. The quantitative estimate of drug-likeness (QED) is 0.110. The fraction of sp³-hybridized carbons (Fsp3) is 0.333. The molecule has 0 saturated carbocycles. The van der Waals surface area contributed by atoms with E-state index in [0.717, 1.165) is 69.4 Å². The summed E-state index contributed by atoms with van der Waals surface area (Å²) in [5.41, 5.74) is 8.11. The molecule has 4 heterocycles. The van der Waals surface area contributed by atoms with Gasteiger partial charge >= 0.3 is 12.2 Å². The number of rotatable bonds is 10. The highest BCUT2D eigenvalue weighted by atomic mass is 16.5. The standard InChI is InChI=1S/C45H48N8O6/c1-25(2)39(52(3)43(55)38(51-45(57)59-5)28-9-7-6-8-10-28)41-47-33-20-16-30(24-36(33)49-41)27-13-11-26(12-14-27)29-15-19-32-35(23-29)48-40(46-32)37-22-18-31-17-21-34(42(54)53(31)37)50-44(56)58-4/h6-16,19-20,23-25,31,34,37-39H,17-18,21-22H2,1-5H3,(H,46,48)(H,47,49)(H,50,56)(H,51,57)/t31-,34-,37-,38+,39-/m0/s1. The second kappa shape index (κ2) is 16.3. The molecule has 4 amide bonds. The number of hydrogen-bond acceptors (Lipinski definition) is 8. The summed E-state index contributed by atoms with van der Waals surface area (Å²) >= 11 is 0. The Balaban J connectivity index is 0.993. The maximum atomic E-state index is 14.0. The number of fused-ring (bicyclic) bond motifs is 3. The van der Waals surface area contributed by atoms with Crippen molar-refractivity contribution in [2.75, 3.05) is 21.3 Å². The minimum absolute atomic E-state index is 0.00260. The van der Waals surface area contributed by atoms with Crippen LogP contribution in [0.2, 0.25) is 0 Å². The third kappa shape index (κ3) is 7.69. The van der Waals surface area contributed by atoms with Gasteiger partial charge in [0.15, 0.2) is 0 Å². The van der Waals surface area contributed by atoms with Crippen LogP contribution < -0.4 is 10.6 Å². The molecule has 4 N–H and O–H groups in total. The summed E-state index contributed by atoms with van der Waals surface area (Å²) in [5.74, 6) is 1.02. The summed E-state index contributed by atoms with van der Waals surface area (Å²) in [6.45, 7) is 4.07. The third-order valence-electron chi connectivity index (χ3n) is 11.7. The minimum atomic E-state index is -0.938. The predicted octanol–water partition coefficient (Wildman–Crippen LogP) is 7.58. The Morgan fingerprint density at radius 3 is 1.98 bits per heavy atom. The molecule has 2 aliphatic rings. The van der Waals surface area contributed by atoms with Gasteiger partial charge < -0.3 is 39.9 Å². The number of imidazole rings is 2. The van der Waals surface area contributed by atoms with Gasteiger partial charge in [-0.1, -0.05) is 80.6 Å². The fourth-order valence-electron chi connectivity index (χ4n) is 8.73. The lowest BCUT2D eigenvalue weighted by Crippen LogP contribution is -2.54. The zero-order valence-electron chi connectivity index (χ0n) is 33.7. The molecule has 0 unspecified atom stereocenters. The van der Waals surface area contributed by atoms with Crippen molar-refractivity contribution in [3.8, 4) is 22.3 Å². The van der Waals surface area contributed by atoms with Crippen LogP contribution in [0, 0.1) is 5.92 Å². The number of nitrogens with one attached hydrogen (secondary N) is 4. The van der Waals surface area contributed by atoms with Crippen LogP contribution in [-0.4, -0.2) is 87.1 Å². The van der Waals surface area contributed by atoms with E-state index in [2.05, 4.69) is 63.1 Å². The second-order valence-electron chi connectivity index (χ2n) is 15.7. The molecule has 14 heteroatoms. The number of alkyl carbamates (subject to hydrolysis) is 2. The lowest BCUT2D eigenvalue weighted by Gasteiger charge is -2.37. The van der Waals surface area contributed by atoms with E-state index in [4.69, 9.17) is 19.4 Å². The maximum absolute atomic E-state index is 14.0. The molecule has 8 rings (SSSR count). The van der Waals surface area contributed by atoms with E-state index in [9.17, 15) is 19.2 Å². The topological polar surface area (TPSA) is 175 Å². The van der Waals surface area contributed by atoms with Gasteiger partial charge in [0.05, 0.1) is 48.4 Å². The van der Waals surface area contributed by atoms with Crippen LogP contribution in [0.1, 0.15) is 74.9 Å². The Bertz CT molecular complexity index is 2510. The van der Waals surface area contributed by atoms with E-state index in [1.807, 2.05) is 55.1 Å². The number of piperidine rings is 1. The number of benzene rings is 4. The molecule has 14 nitrogen and oxygen atoms in total. The maximum Gasteiger partial charge on any atom is 0.407 e. The van der Waals surface area contributed by atoms with E-state index in [1.165, 1.54) is 14.2 Å². The van der Waals surface area contributed by atoms with E-state index in [-0.39, 0.29) is 29.8 Å². The van der Waals surface area contributed by atoms with Crippen LogP contribution in [-0.2, 0) is 19.1 Å². The number of methoxy groups -OCH3 is 2. The Morgan fingerprint density at radius 1 is 0.763 bits per heavy atom. The Morgan fingerprint density at radius 2 is 1.36 bits per heavy atom. The fourth-order valence-corrected chi connectivity index (χ4v) is 8.73. The van der Waals surface area contributed by atoms with E-state index in [0.29, 0.717) is 17.8 Å². The molecule has 0 spiro atoms. The van der Waals surface area contributed by atoms with E-state index in [1.54, 1.807) is 24.1 Å². The number of ether oxygens (including phenoxy) is 2. The van der Waals surface area contributed by atoms with Gasteiger partial charge in [0.25, 0.3) is 0 Å². The molecule has 304 valence electrons. The molecule has 0 bridgehead atoms. The number of amides is 4. The highest BCUT2D eigenvalue weighted by Gasteiger charge is 2.45. The molecular weight excluding hydrogens is 749 g/mol. The molecule has 2 aliphatic heterocycles. The molecule has 0 aliphatic carbocycles. The van der Waals surface area contributed by atoms with Crippen molar-refractivity contribution in [1.29, 1.82) is 0 Å². The van der Waals surface area contributed by atoms with Gasteiger partial charge in [-0.2, -0.15) is 0 Å². The molecule has 6 aromatic rings.